The molecule has 0 saturated carbocycles. The number of nitrogens with zero attached hydrogens (tertiary/aromatic N) is 2. The van der Waals surface area contributed by atoms with E-state index in [0.29, 0.717) is 12.2 Å². The van der Waals surface area contributed by atoms with E-state index in [-0.39, 0.29) is 18.4 Å². The van der Waals surface area contributed by atoms with Gasteiger partial charge in [0.25, 0.3) is 0 Å². The van der Waals surface area contributed by atoms with Crippen LogP contribution in [0.2, 0.25) is 0 Å². The topological polar surface area (TPSA) is 58.4 Å². The Bertz CT molecular complexity index is 675. The van der Waals surface area contributed by atoms with Gasteiger partial charge in [0.2, 0.25) is 5.91 Å². The molecule has 5 heteroatoms. The normalized spacial score (nSPS) is 17.4. The minimum absolute atomic E-state index is 0.0143. The molecule has 25 heavy (non-hydrogen) atoms. The Morgan fingerprint density at radius 2 is 2.04 bits per heavy atom. The van der Waals surface area contributed by atoms with Crippen LogP contribution < -0.4 is 5.32 Å². The molecule has 0 radical (unpaired) electrons. The molecular weight excluding hydrogens is 314 g/mol. The van der Waals surface area contributed by atoms with Crippen molar-refractivity contribution in [3.63, 3.8) is 0 Å². The first-order chi connectivity index (χ1) is 12.1. The molecule has 1 aromatic heterocycles. The maximum absolute atomic E-state index is 12.3. The molecule has 1 aliphatic heterocycles. The Hall–Kier alpha value is -2.14. The molecule has 134 valence electrons. The van der Waals surface area contributed by atoms with Gasteiger partial charge < -0.3 is 9.84 Å². The van der Waals surface area contributed by atoms with Crippen LogP contribution in [0.25, 0.3) is 0 Å². The maximum atomic E-state index is 12.3. The summed E-state index contributed by atoms with van der Waals surface area (Å²) in [6, 6.07) is 12.5. The number of rotatable bonds is 6. The average molecular weight is 341 g/mol. The van der Waals surface area contributed by atoms with Gasteiger partial charge in [-0.1, -0.05) is 42.4 Å². The molecule has 0 bridgehead atoms. The lowest BCUT2D eigenvalue weighted by atomic mass is 9.95. The molecule has 1 aromatic carbocycles. The highest BCUT2D eigenvalue weighted by atomic mass is 16.5. The van der Waals surface area contributed by atoms with Gasteiger partial charge in [-0.2, -0.15) is 0 Å². The van der Waals surface area contributed by atoms with E-state index in [9.17, 15) is 4.79 Å². The van der Waals surface area contributed by atoms with Crippen molar-refractivity contribution in [3.8, 4) is 0 Å². The van der Waals surface area contributed by atoms with Gasteiger partial charge in [-0.05, 0) is 44.3 Å². The van der Waals surface area contributed by atoms with E-state index < -0.39 is 0 Å². The van der Waals surface area contributed by atoms with E-state index in [1.165, 1.54) is 18.4 Å². The highest BCUT2D eigenvalue weighted by molar-refractivity contribution is 5.78. The number of aromatic nitrogens is 1. The smallest absolute Gasteiger partial charge is 0.226 e. The van der Waals surface area contributed by atoms with Crippen molar-refractivity contribution in [2.24, 2.45) is 5.92 Å². The first-order valence-electron chi connectivity index (χ1n) is 9.09. The molecule has 0 aliphatic carbocycles. The summed E-state index contributed by atoms with van der Waals surface area (Å²) in [5, 5.41) is 6.98. The van der Waals surface area contributed by atoms with Crippen molar-refractivity contribution in [3.05, 3.63) is 53.4 Å². The van der Waals surface area contributed by atoms with Crippen molar-refractivity contribution < 1.29 is 9.32 Å². The molecule has 2 heterocycles. The summed E-state index contributed by atoms with van der Waals surface area (Å²) in [6.07, 6.45) is 2.70. The van der Waals surface area contributed by atoms with Crippen LogP contribution >= 0.6 is 0 Å². The van der Waals surface area contributed by atoms with Gasteiger partial charge in [-0.15, -0.1) is 0 Å². The van der Waals surface area contributed by atoms with E-state index >= 15 is 0 Å². The number of benzene rings is 1. The van der Waals surface area contributed by atoms with Crippen molar-refractivity contribution in [2.75, 3.05) is 19.6 Å². The molecule has 1 aliphatic rings. The zero-order chi connectivity index (χ0) is 17.6. The van der Waals surface area contributed by atoms with E-state index in [2.05, 4.69) is 46.6 Å². The molecule has 1 amide bonds. The van der Waals surface area contributed by atoms with E-state index in [1.807, 2.05) is 13.0 Å². The summed E-state index contributed by atoms with van der Waals surface area (Å²) in [5.74, 6) is 1.50. The minimum atomic E-state index is -0.0143. The minimum Gasteiger partial charge on any atom is -0.361 e. The number of hydrogen-bond acceptors (Lipinski definition) is 4. The zero-order valence-electron chi connectivity index (χ0n) is 15.1. The molecule has 2 aromatic rings. The predicted molar refractivity (Wildman–Crippen MR) is 97.1 cm³/mol. The molecule has 1 N–H and O–H groups in total. The molecule has 0 spiro atoms. The number of amides is 1. The molecule has 3 rings (SSSR count). The lowest BCUT2D eigenvalue weighted by Gasteiger charge is -2.37. The Kier molecular flexibility index (Phi) is 5.87. The summed E-state index contributed by atoms with van der Waals surface area (Å²) in [4.78, 5) is 14.8. The van der Waals surface area contributed by atoms with E-state index in [0.717, 1.165) is 24.8 Å². The first kappa shape index (κ1) is 17.7. The Balaban J connectivity index is 1.62. The van der Waals surface area contributed by atoms with Crippen LogP contribution in [0.4, 0.5) is 0 Å². The van der Waals surface area contributed by atoms with Gasteiger partial charge in [0.05, 0.1) is 18.2 Å². The third-order valence-electron chi connectivity index (χ3n) is 4.95. The summed E-state index contributed by atoms with van der Waals surface area (Å²) in [6.45, 7) is 6.93. The monoisotopic (exact) mass is 341 g/mol. The average Bonchev–Trinajstić information content (AvgIpc) is 3.02. The van der Waals surface area contributed by atoms with Gasteiger partial charge in [0.15, 0.2) is 0 Å². The molecule has 1 fully saturated rings. The van der Waals surface area contributed by atoms with Crippen LogP contribution in [0.3, 0.4) is 0 Å². The Morgan fingerprint density at radius 3 is 2.68 bits per heavy atom. The van der Waals surface area contributed by atoms with Crippen molar-refractivity contribution in [1.29, 1.82) is 0 Å². The molecule has 1 atom stereocenters. The summed E-state index contributed by atoms with van der Waals surface area (Å²) in [5.41, 5.74) is 1.94. The van der Waals surface area contributed by atoms with Gasteiger partial charge >= 0.3 is 0 Å². The highest BCUT2D eigenvalue weighted by Crippen LogP contribution is 2.26. The standard InChI is InChI=1S/C20H27N3O2/c1-15-8-10-23(11-9-15)19(17-6-4-3-5-7-17)14-21-20(24)13-18-12-16(2)25-22-18/h3-7,12,15,19H,8-11,13-14H2,1-2H3,(H,21,24). The fourth-order valence-corrected chi connectivity index (χ4v) is 3.41. The second-order valence-electron chi connectivity index (χ2n) is 7.05. The Labute approximate surface area is 149 Å². The lowest BCUT2D eigenvalue weighted by Crippen LogP contribution is -2.42. The predicted octanol–water partition coefficient (Wildman–Crippen LogP) is 3.11. The number of likely N-dealkylation sites (tertiary alicyclic amines) is 1. The third-order valence-corrected chi connectivity index (χ3v) is 4.95. The van der Waals surface area contributed by atoms with Crippen molar-refractivity contribution in [2.45, 2.75) is 39.2 Å². The van der Waals surface area contributed by atoms with Crippen LogP contribution in [-0.2, 0) is 11.2 Å². The molecular formula is C20H27N3O2. The molecule has 5 nitrogen and oxygen atoms in total. The van der Waals surface area contributed by atoms with Crippen molar-refractivity contribution >= 4 is 5.91 Å². The van der Waals surface area contributed by atoms with Crippen LogP contribution in [0.5, 0.6) is 0 Å². The van der Waals surface area contributed by atoms with Gasteiger partial charge in [-0.25, -0.2) is 0 Å². The van der Waals surface area contributed by atoms with Crippen LogP contribution in [0.1, 0.15) is 42.8 Å². The van der Waals surface area contributed by atoms with Crippen molar-refractivity contribution in [1.82, 2.24) is 15.4 Å². The zero-order valence-corrected chi connectivity index (χ0v) is 15.1. The summed E-state index contributed by atoms with van der Waals surface area (Å²) in [7, 11) is 0. The van der Waals surface area contributed by atoms with Crippen LogP contribution in [0.15, 0.2) is 40.9 Å². The van der Waals surface area contributed by atoms with Crippen LogP contribution in [-0.4, -0.2) is 35.6 Å². The first-order valence-corrected chi connectivity index (χ1v) is 9.09. The molecule has 1 unspecified atom stereocenters. The van der Waals surface area contributed by atoms with E-state index in [1.54, 1.807) is 6.07 Å². The largest absolute Gasteiger partial charge is 0.361 e. The number of nitrogens with one attached hydrogen (secondary N) is 1. The van der Waals surface area contributed by atoms with Gasteiger partial charge in [-0.3, -0.25) is 9.69 Å². The number of piperidine rings is 1. The summed E-state index contributed by atoms with van der Waals surface area (Å²) >= 11 is 0. The quantitative estimate of drug-likeness (QED) is 0.877. The fraction of sp³-hybridized carbons (Fsp3) is 0.500. The SMILES string of the molecule is Cc1cc(CC(=O)NCC(c2ccccc2)N2CCC(C)CC2)no1. The number of carbonyl (C=O) groups is 1. The number of carbonyl (C=O) groups excluding carboxylic acids is 1. The Morgan fingerprint density at radius 1 is 1.32 bits per heavy atom. The number of aryl methyl sites for hydroxylation is 1. The lowest BCUT2D eigenvalue weighted by molar-refractivity contribution is -0.120. The maximum Gasteiger partial charge on any atom is 0.226 e. The van der Waals surface area contributed by atoms with Gasteiger partial charge in [0, 0.05) is 12.6 Å². The number of hydrogen-bond donors (Lipinski definition) is 1. The second kappa shape index (κ2) is 8.30. The molecule has 1 saturated heterocycles. The summed E-state index contributed by atoms with van der Waals surface area (Å²) < 4.78 is 5.03. The highest BCUT2D eigenvalue weighted by Gasteiger charge is 2.25. The second-order valence-corrected chi connectivity index (χ2v) is 7.05. The van der Waals surface area contributed by atoms with Gasteiger partial charge in [0.1, 0.15) is 5.76 Å². The third kappa shape index (κ3) is 4.92. The van der Waals surface area contributed by atoms with E-state index in [4.69, 9.17) is 4.52 Å². The van der Waals surface area contributed by atoms with Crippen LogP contribution in [0, 0.1) is 12.8 Å². The fourth-order valence-electron chi connectivity index (χ4n) is 3.41.